The van der Waals surface area contributed by atoms with E-state index in [1.54, 1.807) is 18.0 Å². The fourth-order valence-corrected chi connectivity index (χ4v) is 2.18. The van der Waals surface area contributed by atoms with Crippen LogP contribution in [0.2, 0.25) is 0 Å². The van der Waals surface area contributed by atoms with E-state index in [0.717, 1.165) is 11.3 Å². The molecule has 0 bridgehead atoms. The van der Waals surface area contributed by atoms with Crippen LogP contribution in [0.15, 0.2) is 42.5 Å². The van der Waals surface area contributed by atoms with Gasteiger partial charge in [0.15, 0.2) is 5.69 Å². The Morgan fingerprint density at radius 3 is 2.50 bits per heavy atom. The number of carbonyl (C=O) groups is 1. The van der Waals surface area contributed by atoms with Crippen LogP contribution in [0, 0.1) is 0 Å². The number of aromatic nitrogens is 2. The van der Waals surface area contributed by atoms with Crippen molar-refractivity contribution in [3.8, 4) is 0 Å². The first-order valence-corrected chi connectivity index (χ1v) is 6.87. The van der Waals surface area contributed by atoms with E-state index in [2.05, 4.69) is 10.2 Å². The quantitative estimate of drug-likeness (QED) is 0.855. The summed E-state index contributed by atoms with van der Waals surface area (Å²) in [6, 6.07) is 13.6. The summed E-state index contributed by atoms with van der Waals surface area (Å²) >= 11 is 0. The molecule has 0 aliphatic heterocycles. The summed E-state index contributed by atoms with van der Waals surface area (Å²) in [4.78, 5) is 13.9. The highest BCUT2D eigenvalue weighted by atomic mass is 16.2. The van der Waals surface area contributed by atoms with E-state index in [0.29, 0.717) is 18.2 Å². The fourth-order valence-electron chi connectivity index (χ4n) is 2.18. The topological polar surface area (TPSA) is 46.1 Å². The zero-order chi connectivity index (χ0) is 13.9. The van der Waals surface area contributed by atoms with Crippen molar-refractivity contribution in [3.63, 3.8) is 0 Å². The maximum absolute atomic E-state index is 12.3. The zero-order valence-corrected chi connectivity index (χ0v) is 11.5. The molecule has 0 unspecified atom stereocenters. The Hall–Kier alpha value is -2.23. The summed E-state index contributed by atoms with van der Waals surface area (Å²) < 4.78 is 0. The predicted molar refractivity (Wildman–Crippen MR) is 76.2 cm³/mol. The van der Waals surface area contributed by atoms with Gasteiger partial charge in [-0.05, 0) is 30.5 Å². The molecule has 1 saturated carbocycles. The normalized spacial score (nSPS) is 14.1. The molecule has 20 heavy (non-hydrogen) atoms. The van der Waals surface area contributed by atoms with E-state index < -0.39 is 0 Å². The van der Waals surface area contributed by atoms with E-state index in [1.165, 1.54) is 12.8 Å². The highest BCUT2D eigenvalue weighted by Gasteiger charge is 2.25. The molecule has 0 saturated heterocycles. The second kappa shape index (κ2) is 5.41. The molecule has 3 rings (SSSR count). The predicted octanol–water partition coefficient (Wildman–Crippen LogP) is 2.63. The van der Waals surface area contributed by atoms with Crippen LogP contribution < -0.4 is 0 Å². The first kappa shape index (κ1) is 12.8. The number of rotatable bonds is 4. The number of hydrogen-bond acceptors (Lipinski definition) is 3. The maximum atomic E-state index is 12.3. The van der Waals surface area contributed by atoms with Crippen LogP contribution in [-0.4, -0.2) is 28.1 Å². The Labute approximate surface area is 118 Å². The molecule has 0 spiro atoms. The van der Waals surface area contributed by atoms with Gasteiger partial charge >= 0.3 is 0 Å². The third kappa shape index (κ3) is 2.85. The second-order valence-electron chi connectivity index (χ2n) is 5.26. The molecule has 1 aromatic carbocycles. The average molecular weight is 267 g/mol. The lowest BCUT2D eigenvalue weighted by Crippen LogP contribution is -2.27. The lowest BCUT2D eigenvalue weighted by molar-refractivity contribution is 0.0778. The lowest BCUT2D eigenvalue weighted by Gasteiger charge is -2.16. The SMILES string of the molecule is CN(Cc1ccccc1)C(=O)c1ccc(C2CC2)nn1. The summed E-state index contributed by atoms with van der Waals surface area (Å²) in [6.07, 6.45) is 2.38. The van der Waals surface area contributed by atoms with Gasteiger partial charge in [0.1, 0.15) is 0 Å². The third-order valence-electron chi connectivity index (χ3n) is 3.51. The summed E-state index contributed by atoms with van der Waals surface area (Å²) in [5.41, 5.74) is 2.52. The summed E-state index contributed by atoms with van der Waals surface area (Å²) in [5, 5.41) is 8.22. The molecular formula is C16H17N3O. The van der Waals surface area contributed by atoms with Gasteiger partial charge in [-0.25, -0.2) is 0 Å². The van der Waals surface area contributed by atoms with Gasteiger partial charge in [0.05, 0.1) is 5.69 Å². The van der Waals surface area contributed by atoms with Gasteiger partial charge < -0.3 is 4.90 Å². The standard InChI is InChI=1S/C16H17N3O/c1-19(11-12-5-3-2-4-6-12)16(20)15-10-9-14(17-18-15)13-7-8-13/h2-6,9-10,13H,7-8,11H2,1H3. The first-order valence-electron chi connectivity index (χ1n) is 6.87. The molecule has 0 N–H and O–H groups in total. The van der Waals surface area contributed by atoms with Gasteiger partial charge in [-0.2, -0.15) is 5.10 Å². The monoisotopic (exact) mass is 267 g/mol. The smallest absolute Gasteiger partial charge is 0.274 e. The van der Waals surface area contributed by atoms with Gasteiger partial charge in [0, 0.05) is 19.5 Å². The van der Waals surface area contributed by atoms with Crippen molar-refractivity contribution in [2.45, 2.75) is 25.3 Å². The van der Waals surface area contributed by atoms with Gasteiger partial charge in [-0.15, -0.1) is 5.10 Å². The highest BCUT2D eigenvalue weighted by Crippen LogP contribution is 2.38. The Bertz CT molecular complexity index is 591. The number of amides is 1. The largest absolute Gasteiger partial charge is 0.336 e. The maximum Gasteiger partial charge on any atom is 0.274 e. The van der Waals surface area contributed by atoms with Crippen molar-refractivity contribution in [1.29, 1.82) is 0 Å². The Kier molecular flexibility index (Phi) is 3.46. The minimum Gasteiger partial charge on any atom is -0.336 e. The average Bonchev–Trinajstić information content (AvgIpc) is 3.32. The highest BCUT2D eigenvalue weighted by molar-refractivity contribution is 5.91. The first-order chi connectivity index (χ1) is 9.74. The molecule has 1 aliphatic rings. The molecule has 0 atom stereocenters. The summed E-state index contributed by atoms with van der Waals surface area (Å²) in [6.45, 7) is 0.575. The number of hydrogen-bond donors (Lipinski definition) is 0. The zero-order valence-electron chi connectivity index (χ0n) is 11.5. The van der Waals surface area contributed by atoms with E-state index in [1.807, 2.05) is 36.4 Å². The van der Waals surface area contributed by atoms with E-state index >= 15 is 0 Å². The minimum atomic E-state index is -0.0938. The van der Waals surface area contributed by atoms with Gasteiger partial charge in [0.2, 0.25) is 0 Å². The van der Waals surface area contributed by atoms with Gasteiger partial charge in [0.25, 0.3) is 5.91 Å². The summed E-state index contributed by atoms with van der Waals surface area (Å²) in [5.74, 6) is 0.470. The molecule has 4 nitrogen and oxygen atoms in total. The van der Waals surface area contributed by atoms with Crippen molar-refractivity contribution in [2.75, 3.05) is 7.05 Å². The van der Waals surface area contributed by atoms with Crippen LogP contribution in [0.4, 0.5) is 0 Å². The Morgan fingerprint density at radius 2 is 1.90 bits per heavy atom. The number of benzene rings is 1. The third-order valence-corrected chi connectivity index (χ3v) is 3.51. The van der Waals surface area contributed by atoms with Crippen molar-refractivity contribution in [3.05, 3.63) is 59.4 Å². The molecule has 102 valence electrons. The van der Waals surface area contributed by atoms with E-state index in [-0.39, 0.29) is 5.91 Å². The number of carbonyl (C=O) groups excluding carboxylic acids is 1. The molecule has 0 radical (unpaired) electrons. The molecule has 1 fully saturated rings. The molecule has 4 heteroatoms. The van der Waals surface area contributed by atoms with Gasteiger partial charge in [-0.1, -0.05) is 30.3 Å². The molecule has 1 amide bonds. The fraction of sp³-hybridized carbons (Fsp3) is 0.312. The van der Waals surface area contributed by atoms with Crippen LogP contribution in [0.3, 0.4) is 0 Å². The Balaban J connectivity index is 1.68. The molecule has 2 aromatic rings. The van der Waals surface area contributed by atoms with E-state index in [4.69, 9.17) is 0 Å². The van der Waals surface area contributed by atoms with Crippen LogP contribution in [0.5, 0.6) is 0 Å². The molecule has 1 heterocycles. The van der Waals surface area contributed by atoms with Crippen molar-refractivity contribution in [2.24, 2.45) is 0 Å². The molecule has 1 aliphatic carbocycles. The summed E-state index contributed by atoms with van der Waals surface area (Å²) in [7, 11) is 1.78. The van der Waals surface area contributed by atoms with Crippen LogP contribution in [0.25, 0.3) is 0 Å². The lowest BCUT2D eigenvalue weighted by atomic mass is 10.2. The van der Waals surface area contributed by atoms with Crippen LogP contribution >= 0.6 is 0 Å². The van der Waals surface area contributed by atoms with Crippen molar-refractivity contribution >= 4 is 5.91 Å². The minimum absolute atomic E-state index is 0.0938. The molecule has 1 aromatic heterocycles. The van der Waals surface area contributed by atoms with Crippen LogP contribution in [0.1, 0.15) is 40.5 Å². The van der Waals surface area contributed by atoms with Crippen LogP contribution in [-0.2, 0) is 6.54 Å². The van der Waals surface area contributed by atoms with Crippen molar-refractivity contribution < 1.29 is 4.79 Å². The molecular weight excluding hydrogens is 250 g/mol. The second-order valence-corrected chi connectivity index (χ2v) is 5.26. The van der Waals surface area contributed by atoms with E-state index in [9.17, 15) is 4.79 Å². The van der Waals surface area contributed by atoms with Gasteiger partial charge in [-0.3, -0.25) is 4.79 Å². The number of nitrogens with zero attached hydrogens (tertiary/aromatic N) is 3. The van der Waals surface area contributed by atoms with Crippen molar-refractivity contribution in [1.82, 2.24) is 15.1 Å². The Morgan fingerprint density at radius 1 is 1.15 bits per heavy atom.